The fraction of sp³-hybridized carbons (Fsp3) is 0.773. The molecule has 3 aliphatic rings. The number of carbonyl (C=O) groups is 1. The van der Waals surface area contributed by atoms with Crippen LogP contribution >= 0.6 is 0 Å². The Kier molecular flexibility index (Phi) is 5.88. The molecule has 1 aromatic heterocycles. The number of nitrogens with zero attached hydrogens (tertiary/aromatic N) is 3. The summed E-state index contributed by atoms with van der Waals surface area (Å²) < 4.78 is 5.86. The van der Waals surface area contributed by atoms with Gasteiger partial charge in [-0.3, -0.25) is 14.6 Å². The minimum Gasteiger partial charge on any atom is -0.465 e. The van der Waals surface area contributed by atoms with E-state index < -0.39 is 0 Å². The molecule has 0 spiro atoms. The van der Waals surface area contributed by atoms with Crippen molar-refractivity contribution in [1.29, 1.82) is 0 Å². The Bertz CT molecular complexity index is 622. The monoisotopic (exact) mass is 373 g/mol. The van der Waals surface area contributed by atoms with Crippen LogP contribution in [0.1, 0.15) is 55.6 Å². The van der Waals surface area contributed by atoms with Crippen LogP contribution in [0.5, 0.6) is 0 Å². The van der Waals surface area contributed by atoms with E-state index in [0.29, 0.717) is 11.9 Å². The highest BCUT2D eigenvalue weighted by atomic mass is 16.3. The highest BCUT2D eigenvalue weighted by Gasteiger charge is 2.34. The zero-order valence-electron chi connectivity index (χ0n) is 17.1. The summed E-state index contributed by atoms with van der Waals surface area (Å²) in [5, 5.41) is 0. The number of likely N-dealkylation sites (tertiary alicyclic amines) is 3. The Morgan fingerprint density at radius 3 is 2.44 bits per heavy atom. The van der Waals surface area contributed by atoms with Gasteiger partial charge in [-0.2, -0.15) is 0 Å². The van der Waals surface area contributed by atoms with E-state index in [4.69, 9.17) is 4.42 Å². The van der Waals surface area contributed by atoms with Crippen molar-refractivity contribution >= 4 is 5.91 Å². The van der Waals surface area contributed by atoms with Crippen molar-refractivity contribution in [2.75, 3.05) is 39.3 Å². The molecule has 3 aliphatic heterocycles. The summed E-state index contributed by atoms with van der Waals surface area (Å²) in [6.07, 6.45) is 7.06. The van der Waals surface area contributed by atoms with Crippen LogP contribution in [0, 0.1) is 19.8 Å². The van der Waals surface area contributed by atoms with Crippen molar-refractivity contribution < 1.29 is 9.21 Å². The molecule has 0 bridgehead atoms. The Hall–Kier alpha value is -1.33. The van der Waals surface area contributed by atoms with Crippen molar-refractivity contribution in [3.05, 3.63) is 23.2 Å². The molecule has 0 N–H and O–H groups in total. The molecule has 1 atom stereocenters. The van der Waals surface area contributed by atoms with E-state index in [-0.39, 0.29) is 5.92 Å². The molecule has 0 saturated carbocycles. The molecule has 0 radical (unpaired) electrons. The van der Waals surface area contributed by atoms with E-state index in [1.165, 1.54) is 44.2 Å². The van der Waals surface area contributed by atoms with Crippen LogP contribution < -0.4 is 0 Å². The third kappa shape index (κ3) is 4.40. The summed E-state index contributed by atoms with van der Waals surface area (Å²) in [6.45, 7) is 11.5. The highest BCUT2D eigenvalue weighted by molar-refractivity contribution is 5.79. The normalized spacial score (nSPS) is 26.0. The van der Waals surface area contributed by atoms with Gasteiger partial charge in [0, 0.05) is 38.8 Å². The predicted octanol–water partition coefficient (Wildman–Crippen LogP) is 3.20. The molecular weight excluding hydrogens is 338 g/mol. The van der Waals surface area contributed by atoms with Gasteiger partial charge in [0.25, 0.3) is 0 Å². The Labute approximate surface area is 163 Å². The number of piperidine rings is 2. The summed E-state index contributed by atoms with van der Waals surface area (Å²) in [5.41, 5.74) is 1.25. The van der Waals surface area contributed by atoms with Crippen molar-refractivity contribution in [2.24, 2.45) is 5.92 Å². The second kappa shape index (κ2) is 8.36. The molecular formula is C22H35N3O2. The lowest BCUT2D eigenvalue weighted by Gasteiger charge is -2.42. The standard InChI is InChI=1S/C22H35N3O2/c1-17-14-21(27-18(17)2)16-23-12-7-20(8-13-23)25-11-5-6-19(15-25)22(26)24-9-3-4-10-24/h14,19-20H,3-13,15-16H2,1-2H3/t19-/m1/s1. The lowest BCUT2D eigenvalue weighted by Crippen LogP contribution is -2.50. The zero-order chi connectivity index (χ0) is 18.8. The van der Waals surface area contributed by atoms with E-state index in [1.54, 1.807) is 0 Å². The molecule has 4 heterocycles. The van der Waals surface area contributed by atoms with Crippen LogP contribution in [0.25, 0.3) is 0 Å². The summed E-state index contributed by atoms with van der Waals surface area (Å²) >= 11 is 0. The predicted molar refractivity (Wildman–Crippen MR) is 107 cm³/mol. The molecule has 5 nitrogen and oxygen atoms in total. The number of furan rings is 1. The lowest BCUT2D eigenvalue weighted by atomic mass is 9.93. The van der Waals surface area contributed by atoms with E-state index in [0.717, 1.165) is 57.2 Å². The average Bonchev–Trinajstić information content (AvgIpc) is 3.32. The van der Waals surface area contributed by atoms with Crippen LogP contribution in [0.4, 0.5) is 0 Å². The largest absolute Gasteiger partial charge is 0.465 e. The molecule has 1 amide bonds. The van der Waals surface area contributed by atoms with E-state index in [9.17, 15) is 4.79 Å². The van der Waals surface area contributed by atoms with Gasteiger partial charge in [0.1, 0.15) is 11.5 Å². The minimum absolute atomic E-state index is 0.240. The number of hydrogen-bond acceptors (Lipinski definition) is 4. The highest BCUT2D eigenvalue weighted by Crippen LogP contribution is 2.27. The van der Waals surface area contributed by atoms with Crippen LogP contribution in [-0.4, -0.2) is 65.9 Å². The Balaban J connectivity index is 1.26. The molecule has 4 rings (SSSR count). The first-order valence-corrected chi connectivity index (χ1v) is 10.9. The van der Waals surface area contributed by atoms with Crippen LogP contribution in [0.2, 0.25) is 0 Å². The smallest absolute Gasteiger partial charge is 0.226 e. The van der Waals surface area contributed by atoms with Gasteiger partial charge in [0.15, 0.2) is 0 Å². The van der Waals surface area contributed by atoms with Gasteiger partial charge in [0.05, 0.1) is 12.5 Å². The summed E-state index contributed by atoms with van der Waals surface area (Å²) in [5.74, 6) is 2.81. The molecule has 3 saturated heterocycles. The third-order valence-corrected chi connectivity index (χ3v) is 6.89. The molecule has 27 heavy (non-hydrogen) atoms. The maximum absolute atomic E-state index is 12.8. The first-order chi connectivity index (χ1) is 13.1. The van der Waals surface area contributed by atoms with Crippen molar-refractivity contribution in [3.63, 3.8) is 0 Å². The maximum atomic E-state index is 12.8. The first-order valence-electron chi connectivity index (χ1n) is 10.9. The summed E-state index contributed by atoms with van der Waals surface area (Å²) in [4.78, 5) is 20.1. The molecule has 150 valence electrons. The number of rotatable bonds is 4. The fourth-order valence-electron chi connectivity index (χ4n) is 5.13. The van der Waals surface area contributed by atoms with Crippen LogP contribution in [0.3, 0.4) is 0 Å². The molecule has 3 fully saturated rings. The maximum Gasteiger partial charge on any atom is 0.226 e. The third-order valence-electron chi connectivity index (χ3n) is 6.89. The molecule has 1 aromatic rings. The molecule has 5 heteroatoms. The van der Waals surface area contributed by atoms with Crippen molar-refractivity contribution in [1.82, 2.24) is 14.7 Å². The van der Waals surface area contributed by atoms with Gasteiger partial charge in [-0.25, -0.2) is 0 Å². The number of carbonyl (C=O) groups excluding carboxylic acids is 1. The lowest BCUT2D eigenvalue weighted by molar-refractivity contribution is -0.136. The molecule has 0 unspecified atom stereocenters. The summed E-state index contributed by atoms with van der Waals surface area (Å²) in [6, 6.07) is 2.83. The summed E-state index contributed by atoms with van der Waals surface area (Å²) in [7, 11) is 0. The number of hydrogen-bond donors (Lipinski definition) is 0. The SMILES string of the molecule is Cc1cc(CN2CCC(N3CCC[C@@H](C(=O)N4CCCC4)C3)CC2)oc1C. The zero-order valence-corrected chi connectivity index (χ0v) is 17.1. The first kappa shape index (κ1) is 19.0. The topological polar surface area (TPSA) is 39.9 Å². The van der Waals surface area contributed by atoms with Gasteiger partial charge in [-0.15, -0.1) is 0 Å². The second-order valence-electron chi connectivity index (χ2n) is 8.83. The van der Waals surface area contributed by atoms with E-state index >= 15 is 0 Å². The van der Waals surface area contributed by atoms with E-state index in [1.807, 2.05) is 6.92 Å². The van der Waals surface area contributed by atoms with Gasteiger partial charge in [-0.1, -0.05) is 0 Å². The van der Waals surface area contributed by atoms with Crippen molar-refractivity contribution in [3.8, 4) is 0 Å². The number of aryl methyl sites for hydroxylation is 2. The van der Waals surface area contributed by atoms with Crippen molar-refractivity contribution in [2.45, 2.75) is 65.0 Å². The van der Waals surface area contributed by atoms with Crippen LogP contribution in [-0.2, 0) is 11.3 Å². The Morgan fingerprint density at radius 2 is 1.78 bits per heavy atom. The molecule has 0 aliphatic carbocycles. The van der Waals surface area contributed by atoms with E-state index in [2.05, 4.69) is 27.7 Å². The number of amides is 1. The van der Waals surface area contributed by atoms with Crippen LogP contribution in [0.15, 0.2) is 10.5 Å². The van der Waals surface area contributed by atoms with Gasteiger partial charge < -0.3 is 9.32 Å². The minimum atomic E-state index is 0.240. The quantitative estimate of drug-likeness (QED) is 0.813. The van der Waals surface area contributed by atoms with Gasteiger partial charge in [-0.05, 0) is 70.5 Å². The second-order valence-corrected chi connectivity index (χ2v) is 8.83. The Morgan fingerprint density at radius 1 is 1.04 bits per heavy atom. The van der Waals surface area contributed by atoms with Gasteiger partial charge >= 0.3 is 0 Å². The average molecular weight is 374 g/mol. The fourth-order valence-corrected chi connectivity index (χ4v) is 5.13. The molecule has 0 aromatic carbocycles. The van der Waals surface area contributed by atoms with Gasteiger partial charge in [0.2, 0.25) is 5.91 Å².